The second-order valence-corrected chi connectivity index (χ2v) is 5.09. The van der Waals surface area contributed by atoms with Crippen molar-refractivity contribution in [2.24, 2.45) is 0 Å². The molecular weight excluding hydrogens is 252 g/mol. The molecule has 2 rings (SSSR count). The maximum atomic E-state index is 11.8. The monoisotopic (exact) mass is 272 g/mol. The van der Waals surface area contributed by atoms with E-state index in [2.05, 4.69) is 10.2 Å². The van der Waals surface area contributed by atoms with Gasteiger partial charge in [0.2, 0.25) is 5.91 Å². The number of nitrogens with two attached hydrogens (primary N) is 1. The summed E-state index contributed by atoms with van der Waals surface area (Å²) in [5.74, 6) is -0.0262. The molecule has 106 valence electrons. The molecule has 1 aliphatic rings. The maximum Gasteiger partial charge on any atom is 0.234 e. The number of hydrogen-bond acceptors (Lipinski definition) is 4. The van der Waals surface area contributed by atoms with Crippen molar-refractivity contribution in [1.29, 1.82) is 5.26 Å². The van der Waals surface area contributed by atoms with E-state index in [0.717, 1.165) is 24.1 Å². The van der Waals surface area contributed by atoms with Crippen LogP contribution in [0.5, 0.6) is 0 Å². The van der Waals surface area contributed by atoms with Gasteiger partial charge in [-0.2, -0.15) is 5.26 Å². The summed E-state index contributed by atoms with van der Waals surface area (Å²) in [6.07, 6.45) is 2.62. The van der Waals surface area contributed by atoms with Crippen LogP contribution >= 0.6 is 0 Å². The predicted octanol–water partition coefficient (Wildman–Crippen LogP) is 1.26. The second-order valence-electron chi connectivity index (χ2n) is 5.09. The van der Waals surface area contributed by atoms with Crippen LogP contribution in [0.2, 0.25) is 0 Å². The van der Waals surface area contributed by atoms with Crippen LogP contribution in [-0.4, -0.2) is 29.9 Å². The molecule has 1 aliphatic carbocycles. The number of hydrogen-bond donors (Lipinski definition) is 2. The highest BCUT2D eigenvalue weighted by atomic mass is 16.2. The van der Waals surface area contributed by atoms with E-state index in [1.165, 1.54) is 0 Å². The standard InChI is InChI=1S/C15H20N4O/c16-8-3-9-18-15(20)11-19(13-6-7-13)10-12-4-1-2-5-14(12)17/h1-2,4-5,13H,3,6-7,9-11,17H2,(H,18,20). The van der Waals surface area contributed by atoms with E-state index in [9.17, 15) is 4.79 Å². The van der Waals surface area contributed by atoms with Crippen LogP contribution in [0.3, 0.4) is 0 Å². The molecular formula is C15H20N4O. The average molecular weight is 272 g/mol. The van der Waals surface area contributed by atoms with Gasteiger partial charge < -0.3 is 11.1 Å². The fourth-order valence-electron chi connectivity index (χ4n) is 2.15. The Kier molecular flexibility index (Phi) is 4.97. The lowest BCUT2D eigenvalue weighted by Gasteiger charge is -2.22. The summed E-state index contributed by atoms with van der Waals surface area (Å²) in [7, 11) is 0. The molecule has 1 aromatic carbocycles. The highest BCUT2D eigenvalue weighted by Gasteiger charge is 2.30. The van der Waals surface area contributed by atoms with Gasteiger partial charge in [-0.25, -0.2) is 0 Å². The third kappa shape index (κ3) is 4.25. The van der Waals surface area contributed by atoms with Gasteiger partial charge in [-0.3, -0.25) is 9.69 Å². The van der Waals surface area contributed by atoms with Crippen LogP contribution in [0.15, 0.2) is 24.3 Å². The summed E-state index contributed by atoms with van der Waals surface area (Å²) < 4.78 is 0. The molecule has 20 heavy (non-hydrogen) atoms. The summed E-state index contributed by atoms with van der Waals surface area (Å²) >= 11 is 0. The first-order valence-electron chi connectivity index (χ1n) is 6.92. The van der Waals surface area contributed by atoms with E-state index in [1.807, 2.05) is 30.3 Å². The van der Waals surface area contributed by atoms with E-state index < -0.39 is 0 Å². The number of anilines is 1. The Morgan fingerprint density at radius 3 is 2.85 bits per heavy atom. The molecule has 5 nitrogen and oxygen atoms in total. The van der Waals surface area contributed by atoms with Gasteiger partial charge in [0.05, 0.1) is 19.0 Å². The van der Waals surface area contributed by atoms with Crippen molar-refractivity contribution in [3.63, 3.8) is 0 Å². The van der Waals surface area contributed by atoms with Crippen LogP contribution in [0, 0.1) is 11.3 Å². The number of amides is 1. The van der Waals surface area contributed by atoms with Gasteiger partial charge in [0.25, 0.3) is 0 Å². The quantitative estimate of drug-likeness (QED) is 0.578. The highest BCUT2D eigenvalue weighted by Crippen LogP contribution is 2.28. The molecule has 0 heterocycles. The van der Waals surface area contributed by atoms with Crippen LogP contribution in [0.1, 0.15) is 24.8 Å². The molecule has 1 fully saturated rings. The van der Waals surface area contributed by atoms with E-state index in [1.54, 1.807) is 0 Å². The third-order valence-corrected chi connectivity index (χ3v) is 3.40. The first-order valence-corrected chi connectivity index (χ1v) is 6.92. The Hall–Kier alpha value is -2.06. The number of nitrogens with zero attached hydrogens (tertiary/aromatic N) is 2. The Bertz CT molecular complexity index is 505. The van der Waals surface area contributed by atoms with Crippen LogP contribution in [0.25, 0.3) is 0 Å². The molecule has 1 aromatic rings. The zero-order valence-corrected chi connectivity index (χ0v) is 11.5. The maximum absolute atomic E-state index is 11.8. The fraction of sp³-hybridized carbons (Fsp3) is 0.467. The van der Waals surface area contributed by atoms with Crippen LogP contribution < -0.4 is 11.1 Å². The SMILES string of the molecule is N#CCCNC(=O)CN(Cc1ccccc1N)C1CC1. The number of rotatable bonds is 7. The van der Waals surface area contributed by atoms with Crippen LogP contribution in [0.4, 0.5) is 5.69 Å². The number of para-hydroxylation sites is 1. The third-order valence-electron chi connectivity index (χ3n) is 3.40. The molecule has 1 amide bonds. The summed E-state index contributed by atoms with van der Waals surface area (Å²) in [5.41, 5.74) is 7.78. The summed E-state index contributed by atoms with van der Waals surface area (Å²) in [6, 6.07) is 10.3. The number of nitrogens with one attached hydrogen (secondary N) is 1. The van der Waals surface area contributed by atoms with Gasteiger partial charge in [0, 0.05) is 24.8 Å². The molecule has 0 radical (unpaired) electrons. The van der Waals surface area contributed by atoms with Gasteiger partial charge in [-0.1, -0.05) is 18.2 Å². The van der Waals surface area contributed by atoms with E-state index in [0.29, 0.717) is 32.1 Å². The van der Waals surface area contributed by atoms with E-state index >= 15 is 0 Å². The normalized spacial score (nSPS) is 14.0. The van der Waals surface area contributed by atoms with Crippen molar-refractivity contribution in [1.82, 2.24) is 10.2 Å². The van der Waals surface area contributed by atoms with Gasteiger partial charge in [0.1, 0.15) is 0 Å². The molecule has 1 saturated carbocycles. The average Bonchev–Trinajstić information content (AvgIpc) is 3.25. The van der Waals surface area contributed by atoms with Gasteiger partial charge in [-0.15, -0.1) is 0 Å². The molecule has 0 atom stereocenters. The number of nitriles is 1. The van der Waals surface area contributed by atoms with Crippen molar-refractivity contribution in [3.8, 4) is 6.07 Å². The largest absolute Gasteiger partial charge is 0.398 e. The van der Waals surface area contributed by atoms with Gasteiger partial charge >= 0.3 is 0 Å². The Balaban J connectivity index is 1.90. The Labute approximate surface area is 119 Å². The van der Waals surface area contributed by atoms with Crippen molar-refractivity contribution in [2.75, 3.05) is 18.8 Å². The molecule has 0 saturated heterocycles. The lowest BCUT2D eigenvalue weighted by Crippen LogP contribution is -2.38. The van der Waals surface area contributed by atoms with Crippen molar-refractivity contribution in [3.05, 3.63) is 29.8 Å². The van der Waals surface area contributed by atoms with Gasteiger partial charge in [-0.05, 0) is 24.5 Å². The highest BCUT2D eigenvalue weighted by molar-refractivity contribution is 5.78. The topological polar surface area (TPSA) is 82.2 Å². The Morgan fingerprint density at radius 1 is 1.45 bits per heavy atom. The van der Waals surface area contributed by atoms with Crippen molar-refractivity contribution in [2.45, 2.75) is 31.8 Å². The molecule has 0 spiro atoms. The first-order chi connectivity index (χ1) is 9.70. The smallest absolute Gasteiger partial charge is 0.234 e. The zero-order valence-electron chi connectivity index (χ0n) is 11.5. The van der Waals surface area contributed by atoms with Crippen molar-refractivity contribution < 1.29 is 4.79 Å². The molecule has 0 unspecified atom stereocenters. The number of carbonyl (C=O) groups is 1. The first kappa shape index (κ1) is 14.4. The van der Waals surface area contributed by atoms with E-state index in [-0.39, 0.29) is 5.91 Å². The minimum atomic E-state index is -0.0262. The van der Waals surface area contributed by atoms with Gasteiger partial charge in [0.15, 0.2) is 0 Å². The number of nitrogen functional groups attached to an aromatic ring is 1. The molecule has 0 bridgehead atoms. The molecule has 0 aliphatic heterocycles. The second kappa shape index (κ2) is 6.92. The molecule has 3 N–H and O–H groups in total. The summed E-state index contributed by atoms with van der Waals surface area (Å²) in [5, 5.41) is 11.2. The predicted molar refractivity (Wildman–Crippen MR) is 77.5 cm³/mol. The minimum Gasteiger partial charge on any atom is -0.398 e. The number of carbonyl (C=O) groups excluding carboxylic acids is 1. The van der Waals surface area contributed by atoms with Crippen LogP contribution in [-0.2, 0) is 11.3 Å². The minimum absolute atomic E-state index is 0.0262. The molecule has 0 aromatic heterocycles. The lowest BCUT2D eigenvalue weighted by atomic mass is 10.1. The van der Waals surface area contributed by atoms with E-state index in [4.69, 9.17) is 11.0 Å². The fourth-order valence-corrected chi connectivity index (χ4v) is 2.15. The Morgan fingerprint density at radius 2 is 2.20 bits per heavy atom. The summed E-state index contributed by atoms with van der Waals surface area (Å²) in [4.78, 5) is 14.0. The summed E-state index contributed by atoms with van der Waals surface area (Å²) in [6.45, 7) is 1.48. The zero-order chi connectivity index (χ0) is 14.4. The van der Waals surface area contributed by atoms with Crippen molar-refractivity contribution >= 4 is 11.6 Å². The number of benzene rings is 1. The lowest BCUT2D eigenvalue weighted by molar-refractivity contribution is -0.122. The molecule has 5 heteroatoms.